The predicted octanol–water partition coefficient (Wildman–Crippen LogP) is 2.13. The molecule has 0 atom stereocenters. The first kappa shape index (κ1) is 8.68. The van der Waals surface area contributed by atoms with Gasteiger partial charge in [0.05, 0.1) is 10.9 Å². The van der Waals surface area contributed by atoms with E-state index in [1.807, 2.05) is 6.92 Å². The number of halogens is 1. The van der Waals surface area contributed by atoms with Crippen LogP contribution in [-0.4, -0.2) is 16.6 Å². The number of ketones is 1. The zero-order chi connectivity index (χ0) is 8.27. The van der Waals surface area contributed by atoms with Crippen LogP contribution in [0.25, 0.3) is 0 Å². The van der Waals surface area contributed by atoms with Crippen molar-refractivity contribution in [3.05, 3.63) is 16.1 Å². The minimum absolute atomic E-state index is 0.0207. The van der Waals surface area contributed by atoms with Gasteiger partial charge in [0.2, 0.25) is 0 Å². The lowest BCUT2D eigenvalue weighted by Gasteiger charge is -1.86. The SMILES string of the molecule is CCc1nc(C(=O)CCl)cs1. The van der Waals surface area contributed by atoms with Gasteiger partial charge in [0.1, 0.15) is 5.69 Å². The molecule has 0 radical (unpaired) electrons. The highest BCUT2D eigenvalue weighted by Crippen LogP contribution is 2.10. The first-order valence-corrected chi connectivity index (χ1v) is 4.73. The van der Waals surface area contributed by atoms with Gasteiger partial charge in [-0.05, 0) is 6.42 Å². The molecule has 1 aromatic rings. The summed E-state index contributed by atoms with van der Waals surface area (Å²) in [5.41, 5.74) is 0.502. The molecule has 1 rings (SSSR count). The Kier molecular flexibility index (Phi) is 3.02. The first-order chi connectivity index (χ1) is 5.27. The molecule has 4 heteroatoms. The van der Waals surface area contributed by atoms with E-state index in [4.69, 9.17) is 11.6 Å². The van der Waals surface area contributed by atoms with Gasteiger partial charge in [0.25, 0.3) is 0 Å². The number of alkyl halides is 1. The second kappa shape index (κ2) is 3.83. The number of aryl methyl sites for hydroxylation is 1. The van der Waals surface area contributed by atoms with Crippen LogP contribution in [0.4, 0.5) is 0 Å². The van der Waals surface area contributed by atoms with Gasteiger partial charge in [-0.25, -0.2) is 4.98 Å². The van der Waals surface area contributed by atoms with Crippen molar-refractivity contribution in [3.63, 3.8) is 0 Å². The standard InChI is InChI=1S/C7H8ClNOS/c1-2-7-9-5(4-11-7)6(10)3-8/h4H,2-3H2,1H3. The maximum absolute atomic E-state index is 11.0. The van der Waals surface area contributed by atoms with Gasteiger partial charge in [-0.15, -0.1) is 22.9 Å². The topological polar surface area (TPSA) is 30.0 Å². The van der Waals surface area contributed by atoms with Crippen molar-refractivity contribution in [2.45, 2.75) is 13.3 Å². The lowest BCUT2D eigenvalue weighted by molar-refractivity contribution is 0.101. The molecule has 0 saturated heterocycles. The van der Waals surface area contributed by atoms with E-state index in [0.29, 0.717) is 5.69 Å². The Hall–Kier alpha value is -0.410. The molecule has 1 aromatic heterocycles. The third-order valence-corrected chi connectivity index (χ3v) is 2.50. The second-order valence-electron chi connectivity index (χ2n) is 2.04. The van der Waals surface area contributed by atoms with Gasteiger partial charge in [0.15, 0.2) is 5.78 Å². The number of rotatable bonds is 3. The van der Waals surface area contributed by atoms with Crippen molar-refractivity contribution in [1.82, 2.24) is 4.98 Å². The third-order valence-electron chi connectivity index (χ3n) is 1.26. The molecule has 0 bridgehead atoms. The number of hydrogen-bond acceptors (Lipinski definition) is 3. The van der Waals surface area contributed by atoms with Crippen LogP contribution in [-0.2, 0) is 6.42 Å². The smallest absolute Gasteiger partial charge is 0.196 e. The van der Waals surface area contributed by atoms with Crippen LogP contribution in [0.2, 0.25) is 0 Å². The van der Waals surface area contributed by atoms with E-state index in [0.717, 1.165) is 11.4 Å². The summed E-state index contributed by atoms with van der Waals surface area (Å²) in [6.07, 6.45) is 0.875. The van der Waals surface area contributed by atoms with Crippen molar-refractivity contribution in [3.8, 4) is 0 Å². The van der Waals surface area contributed by atoms with E-state index >= 15 is 0 Å². The highest BCUT2D eigenvalue weighted by molar-refractivity contribution is 7.09. The van der Waals surface area contributed by atoms with Crippen LogP contribution < -0.4 is 0 Å². The molecule has 0 N–H and O–H groups in total. The Balaban J connectivity index is 2.80. The Bertz CT molecular complexity index is 259. The number of hydrogen-bond donors (Lipinski definition) is 0. The summed E-state index contributed by atoms with van der Waals surface area (Å²) in [7, 11) is 0. The molecule has 0 aliphatic carbocycles. The molecule has 0 aliphatic heterocycles. The molecule has 1 heterocycles. The number of carbonyl (C=O) groups is 1. The zero-order valence-electron chi connectivity index (χ0n) is 6.13. The van der Waals surface area contributed by atoms with Crippen molar-refractivity contribution in [2.24, 2.45) is 0 Å². The summed E-state index contributed by atoms with van der Waals surface area (Å²) < 4.78 is 0. The molecular weight excluding hydrogens is 182 g/mol. The van der Waals surface area contributed by atoms with Crippen LogP contribution in [0.1, 0.15) is 22.4 Å². The maximum atomic E-state index is 11.0. The van der Waals surface area contributed by atoms with Crippen LogP contribution >= 0.6 is 22.9 Å². The molecule has 0 unspecified atom stereocenters. The van der Waals surface area contributed by atoms with Crippen molar-refractivity contribution in [1.29, 1.82) is 0 Å². The fourth-order valence-electron chi connectivity index (χ4n) is 0.670. The highest BCUT2D eigenvalue weighted by atomic mass is 35.5. The highest BCUT2D eigenvalue weighted by Gasteiger charge is 2.07. The minimum Gasteiger partial charge on any atom is -0.291 e. The lowest BCUT2D eigenvalue weighted by Crippen LogP contribution is -2.00. The van der Waals surface area contributed by atoms with Gasteiger partial charge >= 0.3 is 0 Å². The molecule has 0 spiro atoms. The zero-order valence-corrected chi connectivity index (χ0v) is 7.71. The Morgan fingerprint density at radius 3 is 3.00 bits per heavy atom. The summed E-state index contributed by atoms with van der Waals surface area (Å²) >= 11 is 6.86. The maximum Gasteiger partial charge on any atom is 0.196 e. The summed E-state index contributed by atoms with van der Waals surface area (Å²) in [5, 5.41) is 2.74. The first-order valence-electron chi connectivity index (χ1n) is 3.31. The lowest BCUT2D eigenvalue weighted by atomic mass is 10.3. The normalized spacial score (nSPS) is 10.0. The van der Waals surface area contributed by atoms with Gasteiger partial charge in [0, 0.05) is 5.38 Å². The van der Waals surface area contributed by atoms with Crippen molar-refractivity contribution in [2.75, 3.05) is 5.88 Å². The summed E-state index contributed by atoms with van der Waals surface area (Å²) in [6.45, 7) is 2.01. The van der Waals surface area contributed by atoms with Gasteiger partial charge in [-0.2, -0.15) is 0 Å². The van der Waals surface area contributed by atoms with Crippen molar-refractivity contribution >= 4 is 28.7 Å². The van der Waals surface area contributed by atoms with Crippen LogP contribution in [0.5, 0.6) is 0 Å². The van der Waals surface area contributed by atoms with Crippen LogP contribution in [0.3, 0.4) is 0 Å². The number of thiazole rings is 1. The molecule has 0 fully saturated rings. The Morgan fingerprint density at radius 2 is 2.55 bits per heavy atom. The van der Waals surface area contributed by atoms with Crippen LogP contribution in [0, 0.1) is 0 Å². The van der Waals surface area contributed by atoms with Gasteiger partial charge < -0.3 is 0 Å². The Labute approximate surface area is 74.2 Å². The summed E-state index contributed by atoms with van der Waals surface area (Å²) in [5.74, 6) is -0.0741. The third kappa shape index (κ3) is 2.01. The molecule has 0 amide bonds. The fourth-order valence-corrected chi connectivity index (χ4v) is 1.56. The number of carbonyl (C=O) groups excluding carboxylic acids is 1. The largest absolute Gasteiger partial charge is 0.291 e. The van der Waals surface area contributed by atoms with E-state index in [2.05, 4.69) is 4.98 Å². The fraction of sp³-hybridized carbons (Fsp3) is 0.429. The quantitative estimate of drug-likeness (QED) is 0.539. The molecule has 0 aromatic carbocycles. The average Bonchev–Trinajstić information content (AvgIpc) is 2.50. The van der Waals surface area contributed by atoms with E-state index in [9.17, 15) is 4.79 Å². The molecule has 2 nitrogen and oxygen atoms in total. The van der Waals surface area contributed by atoms with Crippen LogP contribution in [0.15, 0.2) is 5.38 Å². The number of Topliss-reactive ketones (excluding diaryl/α,β-unsaturated/α-hetero) is 1. The monoisotopic (exact) mass is 189 g/mol. The molecule has 0 aliphatic rings. The summed E-state index contributed by atoms with van der Waals surface area (Å²) in [4.78, 5) is 15.0. The number of nitrogens with zero attached hydrogens (tertiary/aromatic N) is 1. The second-order valence-corrected chi connectivity index (χ2v) is 3.25. The van der Waals surface area contributed by atoms with Gasteiger partial charge in [-0.3, -0.25) is 4.79 Å². The van der Waals surface area contributed by atoms with Crippen molar-refractivity contribution < 1.29 is 4.79 Å². The molecular formula is C7H8ClNOS. The molecule has 0 saturated carbocycles. The number of aromatic nitrogens is 1. The van der Waals surface area contributed by atoms with E-state index in [1.165, 1.54) is 11.3 Å². The summed E-state index contributed by atoms with van der Waals surface area (Å²) in [6, 6.07) is 0. The molecule has 60 valence electrons. The van der Waals surface area contributed by atoms with E-state index in [-0.39, 0.29) is 11.7 Å². The average molecular weight is 190 g/mol. The molecule has 11 heavy (non-hydrogen) atoms. The van der Waals surface area contributed by atoms with Gasteiger partial charge in [-0.1, -0.05) is 6.92 Å². The van der Waals surface area contributed by atoms with E-state index < -0.39 is 0 Å². The van der Waals surface area contributed by atoms with E-state index in [1.54, 1.807) is 5.38 Å². The Morgan fingerprint density at radius 1 is 1.82 bits per heavy atom. The minimum atomic E-state index is -0.0948. The predicted molar refractivity (Wildman–Crippen MR) is 46.5 cm³/mol.